The quantitative estimate of drug-likeness (QED) is 0.643. The number of aromatic amines is 1. The maximum Gasteiger partial charge on any atom is 0.303 e. The van der Waals surface area contributed by atoms with E-state index in [0.29, 0.717) is 22.2 Å². The molecule has 1 saturated heterocycles. The van der Waals surface area contributed by atoms with Crippen molar-refractivity contribution < 1.29 is 14.7 Å². The van der Waals surface area contributed by atoms with Crippen molar-refractivity contribution in [2.24, 2.45) is 0 Å². The second kappa shape index (κ2) is 6.03. The number of hydrogen-bond acceptors (Lipinski definition) is 4. The standard InChI is InChI=1S/C12H12N2O3S2/c15-10(16)4-2-6-14-11(17)9(19-12(14)18)7-8-3-1-5-13-8/h1,3,5,7,13H,2,4,6H2,(H,15,16)/b9-7-. The lowest BCUT2D eigenvalue weighted by Crippen LogP contribution is -2.29. The normalized spacial score (nSPS) is 17.5. The Labute approximate surface area is 119 Å². The summed E-state index contributed by atoms with van der Waals surface area (Å²) in [7, 11) is 0. The predicted molar refractivity (Wildman–Crippen MR) is 77.5 cm³/mol. The van der Waals surface area contributed by atoms with Crippen molar-refractivity contribution in [2.75, 3.05) is 6.54 Å². The van der Waals surface area contributed by atoms with Crippen molar-refractivity contribution in [1.82, 2.24) is 9.88 Å². The summed E-state index contributed by atoms with van der Waals surface area (Å²) in [5.41, 5.74) is 0.839. The summed E-state index contributed by atoms with van der Waals surface area (Å²) in [6, 6.07) is 3.70. The molecule has 100 valence electrons. The number of nitrogens with one attached hydrogen (secondary N) is 1. The van der Waals surface area contributed by atoms with E-state index in [9.17, 15) is 9.59 Å². The molecule has 2 rings (SSSR count). The highest BCUT2D eigenvalue weighted by atomic mass is 32.2. The van der Waals surface area contributed by atoms with Gasteiger partial charge in [0.1, 0.15) is 4.32 Å². The maximum absolute atomic E-state index is 12.1. The molecule has 1 aliphatic heterocycles. The molecule has 1 aliphatic rings. The lowest BCUT2D eigenvalue weighted by atomic mass is 10.3. The first kappa shape index (κ1) is 13.8. The molecule has 0 radical (unpaired) electrons. The van der Waals surface area contributed by atoms with Crippen molar-refractivity contribution in [3.05, 3.63) is 28.9 Å². The van der Waals surface area contributed by atoms with E-state index in [0.717, 1.165) is 5.69 Å². The van der Waals surface area contributed by atoms with Crippen LogP contribution in [-0.2, 0) is 9.59 Å². The third-order valence-electron chi connectivity index (χ3n) is 2.55. The average Bonchev–Trinajstić information content (AvgIpc) is 2.93. The van der Waals surface area contributed by atoms with Gasteiger partial charge in [-0.25, -0.2) is 0 Å². The molecule has 7 heteroatoms. The second-order valence-electron chi connectivity index (χ2n) is 3.96. The van der Waals surface area contributed by atoms with Gasteiger partial charge in [-0.3, -0.25) is 14.5 Å². The molecule has 1 fully saturated rings. The van der Waals surface area contributed by atoms with E-state index in [1.165, 1.54) is 16.7 Å². The number of nitrogens with zero attached hydrogens (tertiary/aromatic N) is 1. The van der Waals surface area contributed by atoms with Gasteiger partial charge in [0.25, 0.3) is 5.91 Å². The van der Waals surface area contributed by atoms with E-state index in [4.69, 9.17) is 17.3 Å². The SMILES string of the molecule is O=C(O)CCCN1C(=O)/C(=C/c2ccc[nH]2)SC1=S. The van der Waals surface area contributed by atoms with Gasteiger partial charge in [0, 0.05) is 24.9 Å². The number of aromatic nitrogens is 1. The summed E-state index contributed by atoms with van der Waals surface area (Å²) in [5.74, 6) is -1.03. The minimum atomic E-state index is -0.868. The van der Waals surface area contributed by atoms with Gasteiger partial charge >= 0.3 is 5.97 Å². The number of thioether (sulfide) groups is 1. The molecule has 0 aliphatic carbocycles. The maximum atomic E-state index is 12.1. The van der Waals surface area contributed by atoms with Crippen molar-refractivity contribution in [1.29, 1.82) is 0 Å². The molecule has 0 unspecified atom stereocenters. The number of amides is 1. The van der Waals surface area contributed by atoms with Crippen LogP contribution >= 0.6 is 24.0 Å². The Kier molecular flexibility index (Phi) is 4.39. The summed E-state index contributed by atoms with van der Waals surface area (Å²) in [5, 5.41) is 8.59. The van der Waals surface area contributed by atoms with Crippen LogP contribution in [0.2, 0.25) is 0 Å². The lowest BCUT2D eigenvalue weighted by molar-refractivity contribution is -0.137. The van der Waals surface area contributed by atoms with E-state index in [1.54, 1.807) is 12.3 Å². The van der Waals surface area contributed by atoms with Crippen LogP contribution in [0.5, 0.6) is 0 Å². The monoisotopic (exact) mass is 296 g/mol. The average molecular weight is 296 g/mol. The predicted octanol–water partition coefficient (Wildman–Crippen LogP) is 2.08. The Morgan fingerprint density at radius 2 is 2.37 bits per heavy atom. The number of carboxylic acid groups (broad SMARTS) is 1. The van der Waals surface area contributed by atoms with Gasteiger partial charge in [-0.05, 0) is 24.6 Å². The number of thiocarbonyl (C=S) groups is 1. The third kappa shape index (κ3) is 3.45. The summed E-state index contributed by atoms with van der Waals surface area (Å²) in [6.45, 7) is 0.346. The molecule has 1 aromatic heterocycles. The van der Waals surface area contributed by atoms with Crippen LogP contribution in [0.3, 0.4) is 0 Å². The molecule has 1 aromatic rings. The lowest BCUT2D eigenvalue weighted by Gasteiger charge is -2.13. The van der Waals surface area contributed by atoms with Crippen molar-refractivity contribution in [3.8, 4) is 0 Å². The minimum Gasteiger partial charge on any atom is -0.481 e. The largest absolute Gasteiger partial charge is 0.481 e. The highest BCUT2D eigenvalue weighted by molar-refractivity contribution is 8.26. The fourth-order valence-corrected chi connectivity index (χ4v) is 2.96. The number of aliphatic carboxylic acids is 1. The number of H-pyrrole nitrogens is 1. The van der Waals surface area contributed by atoms with Crippen LogP contribution in [0, 0.1) is 0 Å². The van der Waals surface area contributed by atoms with Crippen LogP contribution in [0.15, 0.2) is 23.2 Å². The summed E-state index contributed by atoms with van der Waals surface area (Å²) in [4.78, 5) is 27.6. The molecule has 0 aromatic carbocycles. The molecule has 0 spiro atoms. The van der Waals surface area contributed by atoms with E-state index in [2.05, 4.69) is 4.98 Å². The number of hydrogen-bond donors (Lipinski definition) is 2. The van der Waals surface area contributed by atoms with Crippen molar-refractivity contribution >= 4 is 46.3 Å². The highest BCUT2D eigenvalue weighted by Crippen LogP contribution is 2.32. The zero-order valence-electron chi connectivity index (χ0n) is 9.96. The van der Waals surface area contributed by atoms with Crippen molar-refractivity contribution in [3.63, 3.8) is 0 Å². The van der Waals surface area contributed by atoms with Gasteiger partial charge in [0.2, 0.25) is 0 Å². The van der Waals surface area contributed by atoms with Gasteiger partial charge in [0.05, 0.1) is 4.91 Å². The molecule has 19 heavy (non-hydrogen) atoms. The molecular formula is C12H12N2O3S2. The van der Waals surface area contributed by atoms with Crippen molar-refractivity contribution in [2.45, 2.75) is 12.8 Å². The summed E-state index contributed by atoms with van der Waals surface area (Å²) in [6.07, 6.45) is 3.96. The van der Waals surface area contributed by atoms with Gasteiger partial charge in [0.15, 0.2) is 0 Å². The van der Waals surface area contributed by atoms with Crippen LogP contribution < -0.4 is 0 Å². The zero-order valence-corrected chi connectivity index (χ0v) is 11.6. The van der Waals surface area contributed by atoms with Gasteiger partial charge < -0.3 is 10.1 Å². The topological polar surface area (TPSA) is 73.4 Å². The minimum absolute atomic E-state index is 0.0345. The van der Waals surface area contributed by atoms with E-state index < -0.39 is 5.97 Å². The van der Waals surface area contributed by atoms with Crippen LogP contribution in [0.1, 0.15) is 18.5 Å². The Bertz CT molecular complexity index is 537. The fourth-order valence-electron chi connectivity index (χ4n) is 1.66. The third-order valence-corrected chi connectivity index (χ3v) is 3.93. The smallest absolute Gasteiger partial charge is 0.303 e. The first-order chi connectivity index (χ1) is 9.08. The molecule has 2 heterocycles. The highest BCUT2D eigenvalue weighted by Gasteiger charge is 2.31. The molecule has 0 saturated carbocycles. The fraction of sp³-hybridized carbons (Fsp3) is 0.250. The number of carbonyl (C=O) groups is 2. The molecular weight excluding hydrogens is 284 g/mol. The van der Waals surface area contributed by atoms with Crippen LogP contribution in [0.25, 0.3) is 6.08 Å². The van der Waals surface area contributed by atoms with Crippen LogP contribution in [0.4, 0.5) is 0 Å². The Morgan fingerprint density at radius 3 is 3.00 bits per heavy atom. The Hall–Kier alpha value is -1.60. The zero-order chi connectivity index (χ0) is 13.8. The summed E-state index contributed by atoms with van der Waals surface area (Å²) < 4.78 is 0.480. The number of carbonyl (C=O) groups excluding carboxylic acids is 1. The van der Waals surface area contributed by atoms with Gasteiger partial charge in [-0.2, -0.15) is 0 Å². The molecule has 0 bridgehead atoms. The second-order valence-corrected chi connectivity index (χ2v) is 5.63. The molecule has 1 amide bonds. The first-order valence-corrected chi connectivity index (χ1v) is 6.91. The molecule has 2 N–H and O–H groups in total. The van der Waals surface area contributed by atoms with E-state index >= 15 is 0 Å². The van der Waals surface area contributed by atoms with E-state index in [-0.39, 0.29) is 12.3 Å². The van der Waals surface area contributed by atoms with Gasteiger partial charge in [-0.1, -0.05) is 24.0 Å². The molecule has 0 atom stereocenters. The Morgan fingerprint density at radius 1 is 1.58 bits per heavy atom. The Balaban J connectivity index is 2.02. The van der Waals surface area contributed by atoms with Crippen LogP contribution in [-0.4, -0.2) is 37.7 Å². The summed E-state index contributed by atoms with van der Waals surface area (Å²) >= 11 is 6.38. The van der Waals surface area contributed by atoms with E-state index in [1.807, 2.05) is 12.1 Å². The number of carboxylic acids is 1. The number of rotatable bonds is 5. The van der Waals surface area contributed by atoms with Gasteiger partial charge in [-0.15, -0.1) is 0 Å². The first-order valence-electron chi connectivity index (χ1n) is 5.68. The molecule has 5 nitrogen and oxygen atoms in total.